The van der Waals surface area contributed by atoms with Gasteiger partial charge < -0.3 is 11.1 Å². The van der Waals surface area contributed by atoms with Gasteiger partial charge in [0, 0.05) is 24.7 Å². The van der Waals surface area contributed by atoms with Crippen molar-refractivity contribution in [2.75, 3.05) is 19.6 Å². The highest BCUT2D eigenvalue weighted by atomic mass is 16.2. The van der Waals surface area contributed by atoms with E-state index in [1.54, 1.807) is 0 Å². The number of carbonyl (C=O) groups excluding carboxylic acids is 2. The van der Waals surface area contributed by atoms with Crippen LogP contribution >= 0.6 is 0 Å². The fourth-order valence-electron chi connectivity index (χ4n) is 2.79. The third-order valence-corrected chi connectivity index (χ3v) is 3.93. The van der Waals surface area contributed by atoms with Gasteiger partial charge in [-0.05, 0) is 38.3 Å². The van der Waals surface area contributed by atoms with Crippen LogP contribution in [0.2, 0.25) is 0 Å². The molecule has 1 fully saturated rings. The van der Waals surface area contributed by atoms with Crippen molar-refractivity contribution in [1.29, 1.82) is 0 Å². The number of rotatable bonds is 4. The minimum Gasteiger partial charge on any atom is -0.369 e. The number of benzene rings is 1. The number of aryl methyl sites for hydroxylation is 2. The summed E-state index contributed by atoms with van der Waals surface area (Å²) in [4.78, 5) is 25.2. The SMILES string of the molecule is Cc1ccc(C(=O)NC2CCN(CC(N)=O)CC2)c(C)c1. The third-order valence-electron chi connectivity index (χ3n) is 3.93. The van der Waals surface area contributed by atoms with Gasteiger partial charge in [-0.25, -0.2) is 0 Å². The molecule has 114 valence electrons. The van der Waals surface area contributed by atoms with E-state index < -0.39 is 0 Å². The highest BCUT2D eigenvalue weighted by Crippen LogP contribution is 2.14. The lowest BCUT2D eigenvalue weighted by Gasteiger charge is -2.31. The Morgan fingerprint density at radius 2 is 1.95 bits per heavy atom. The first-order valence-corrected chi connectivity index (χ1v) is 7.34. The molecular formula is C16H23N3O2. The molecule has 2 amide bonds. The summed E-state index contributed by atoms with van der Waals surface area (Å²) in [5, 5.41) is 3.09. The Bertz CT molecular complexity index is 534. The lowest BCUT2D eigenvalue weighted by atomic mass is 10.0. The van der Waals surface area contributed by atoms with Gasteiger partial charge in [0.15, 0.2) is 0 Å². The normalized spacial score (nSPS) is 16.7. The van der Waals surface area contributed by atoms with Crippen LogP contribution in [0.5, 0.6) is 0 Å². The maximum Gasteiger partial charge on any atom is 0.251 e. The Morgan fingerprint density at radius 3 is 2.52 bits per heavy atom. The van der Waals surface area contributed by atoms with Gasteiger partial charge in [-0.3, -0.25) is 14.5 Å². The molecule has 1 heterocycles. The summed E-state index contributed by atoms with van der Waals surface area (Å²) in [7, 11) is 0. The summed E-state index contributed by atoms with van der Waals surface area (Å²) >= 11 is 0. The van der Waals surface area contributed by atoms with Crippen molar-refractivity contribution in [2.24, 2.45) is 5.73 Å². The fourth-order valence-corrected chi connectivity index (χ4v) is 2.79. The number of nitrogens with zero attached hydrogens (tertiary/aromatic N) is 1. The van der Waals surface area contributed by atoms with E-state index in [1.807, 2.05) is 36.9 Å². The van der Waals surface area contributed by atoms with Crippen LogP contribution in [0.3, 0.4) is 0 Å². The van der Waals surface area contributed by atoms with Crippen LogP contribution < -0.4 is 11.1 Å². The Kier molecular flexibility index (Phi) is 4.96. The predicted molar refractivity (Wildman–Crippen MR) is 82.0 cm³/mol. The van der Waals surface area contributed by atoms with Gasteiger partial charge in [-0.2, -0.15) is 0 Å². The number of nitrogens with one attached hydrogen (secondary N) is 1. The molecule has 1 saturated heterocycles. The van der Waals surface area contributed by atoms with Gasteiger partial charge in [0.2, 0.25) is 5.91 Å². The van der Waals surface area contributed by atoms with E-state index in [4.69, 9.17) is 5.73 Å². The molecule has 0 unspecified atom stereocenters. The Balaban J connectivity index is 1.88. The van der Waals surface area contributed by atoms with Gasteiger partial charge in [-0.1, -0.05) is 17.7 Å². The standard InChI is InChI=1S/C16H23N3O2/c1-11-3-4-14(12(2)9-11)16(21)18-13-5-7-19(8-6-13)10-15(17)20/h3-4,9,13H,5-8,10H2,1-2H3,(H2,17,20)(H,18,21). The average Bonchev–Trinajstić information content (AvgIpc) is 2.40. The van der Waals surface area contributed by atoms with Gasteiger partial charge in [0.25, 0.3) is 5.91 Å². The first kappa shape index (κ1) is 15.5. The highest BCUT2D eigenvalue weighted by Gasteiger charge is 2.22. The second kappa shape index (κ2) is 6.72. The molecule has 3 N–H and O–H groups in total. The van der Waals surface area contributed by atoms with Crippen LogP contribution in [-0.2, 0) is 4.79 Å². The van der Waals surface area contributed by atoms with Crippen LogP contribution in [0.25, 0.3) is 0 Å². The Morgan fingerprint density at radius 1 is 1.29 bits per heavy atom. The van der Waals surface area contributed by atoms with E-state index in [-0.39, 0.29) is 17.9 Å². The third kappa shape index (κ3) is 4.29. The quantitative estimate of drug-likeness (QED) is 0.867. The number of primary amides is 1. The molecule has 0 radical (unpaired) electrons. The maximum absolute atomic E-state index is 12.3. The number of piperidine rings is 1. The van der Waals surface area contributed by atoms with Crippen molar-refractivity contribution in [2.45, 2.75) is 32.7 Å². The summed E-state index contributed by atoms with van der Waals surface area (Å²) in [6.07, 6.45) is 1.70. The number of hydrogen-bond acceptors (Lipinski definition) is 3. The van der Waals surface area contributed by atoms with Crippen LogP contribution in [-0.4, -0.2) is 42.4 Å². The van der Waals surface area contributed by atoms with Crippen LogP contribution in [0.15, 0.2) is 18.2 Å². The number of carbonyl (C=O) groups is 2. The molecule has 0 aliphatic carbocycles. The van der Waals surface area contributed by atoms with E-state index in [0.717, 1.165) is 42.6 Å². The van der Waals surface area contributed by atoms with Crippen molar-refractivity contribution in [3.8, 4) is 0 Å². The lowest BCUT2D eigenvalue weighted by Crippen LogP contribution is -2.46. The van der Waals surface area contributed by atoms with Gasteiger partial charge >= 0.3 is 0 Å². The van der Waals surface area contributed by atoms with Gasteiger partial charge in [-0.15, -0.1) is 0 Å². The first-order valence-electron chi connectivity index (χ1n) is 7.34. The Labute approximate surface area is 125 Å². The van der Waals surface area contributed by atoms with E-state index in [2.05, 4.69) is 5.32 Å². The number of hydrogen-bond donors (Lipinski definition) is 2. The van der Waals surface area contributed by atoms with Crippen LogP contribution in [0.1, 0.15) is 34.3 Å². The summed E-state index contributed by atoms with van der Waals surface area (Å²) in [5.74, 6) is -0.311. The van der Waals surface area contributed by atoms with Crippen molar-refractivity contribution < 1.29 is 9.59 Å². The van der Waals surface area contributed by atoms with Gasteiger partial charge in [0.1, 0.15) is 0 Å². The van der Waals surface area contributed by atoms with Crippen molar-refractivity contribution >= 4 is 11.8 Å². The highest BCUT2D eigenvalue weighted by molar-refractivity contribution is 5.95. The monoisotopic (exact) mass is 289 g/mol. The second-order valence-electron chi connectivity index (χ2n) is 5.81. The summed E-state index contributed by atoms with van der Waals surface area (Å²) in [5.41, 5.74) is 8.08. The molecule has 21 heavy (non-hydrogen) atoms. The number of amides is 2. The molecule has 0 bridgehead atoms. The van der Waals surface area contributed by atoms with Gasteiger partial charge in [0.05, 0.1) is 6.54 Å². The lowest BCUT2D eigenvalue weighted by molar-refractivity contribution is -0.119. The molecule has 1 aromatic rings. The molecule has 0 saturated carbocycles. The fraction of sp³-hybridized carbons (Fsp3) is 0.500. The topological polar surface area (TPSA) is 75.4 Å². The summed E-state index contributed by atoms with van der Waals surface area (Å²) in [6, 6.07) is 6.02. The van der Waals surface area contributed by atoms with Crippen molar-refractivity contribution in [1.82, 2.24) is 10.2 Å². The average molecular weight is 289 g/mol. The molecule has 2 rings (SSSR count). The van der Waals surface area contributed by atoms with E-state index in [9.17, 15) is 9.59 Å². The molecule has 1 aliphatic rings. The molecule has 5 nitrogen and oxygen atoms in total. The molecule has 1 aromatic carbocycles. The Hall–Kier alpha value is -1.88. The zero-order chi connectivity index (χ0) is 15.4. The molecule has 1 aliphatic heterocycles. The smallest absolute Gasteiger partial charge is 0.251 e. The maximum atomic E-state index is 12.3. The zero-order valence-corrected chi connectivity index (χ0v) is 12.7. The van der Waals surface area contributed by atoms with E-state index >= 15 is 0 Å². The zero-order valence-electron chi connectivity index (χ0n) is 12.7. The summed E-state index contributed by atoms with van der Waals surface area (Å²) in [6.45, 7) is 5.86. The van der Waals surface area contributed by atoms with Crippen LogP contribution in [0, 0.1) is 13.8 Å². The van der Waals surface area contributed by atoms with Crippen LogP contribution in [0.4, 0.5) is 0 Å². The number of nitrogens with two attached hydrogens (primary N) is 1. The largest absolute Gasteiger partial charge is 0.369 e. The molecule has 0 spiro atoms. The minimum atomic E-state index is -0.298. The molecular weight excluding hydrogens is 266 g/mol. The minimum absolute atomic E-state index is 0.0131. The first-order chi connectivity index (χ1) is 9.95. The second-order valence-corrected chi connectivity index (χ2v) is 5.81. The van der Waals surface area contributed by atoms with Crippen molar-refractivity contribution in [3.05, 3.63) is 34.9 Å². The molecule has 0 atom stereocenters. The predicted octanol–water partition coefficient (Wildman–Crippen LogP) is 0.983. The molecule has 0 aromatic heterocycles. The number of likely N-dealkylation sites (tertiary alicyclic amines) is 1. The molecule has 5 heteroatoms. The van der Waals surface area contributed by atoms with Crippen molar-refractivity contribution in [3.63, 3.8) is 0 Å². The van der Waals surface area contributed by atoms with E-state index in [0.29, 0.717) is 6.54 Å². The van der Waals surface area contributed by atoms with E-state index in [1.165, 1.54) is 0 Å². The summed E-state index contributed by atoms with van der Waals surface area (Å²) < 4.78 is 0.